The van der Waals surface area contributed by atoms with Crippen molar-refractivity contribution in [2.45, 2.75) is 19.1 Å². The van der Waals surface area contributed by atoms with Gasteiger partial charge in [-0.05, 0) is 19.1 Å². The van der Waals surface area contributed by atoms with Gasteiger partial charge >= 0.3 is 6.18 Å². The number of nitrogens with zero attached hydrogens (tertiary/aromatic N) is 4. The third kappa shape index (κ3) is 4.41. The molecule has 1 aliphatic heterocycles. The number of halogens is 3. The van der Waals surface area contributed by atoms with Crippen LogP contribution in [0.1, 0.15) is 17.4 Å². The number of carbonyl (C=O) groups is 1. The van der Waals surface area contributed by atoms with E-state index in [0.717, 1.165) is 5.69 Å². The molecule has 1 aliphatic rings. The van der Waals surface area contributed by atoms with Crippen LogP contribution in [0.2, 0.25) is 0 Å². The van der Waals surface area contributed by atoms with Crippen molar-refractivity contribution in [3.05, 3.63) is 42.2 Å². The molecule has 9 heteroatoms. The molecule has 2 aromatic rings. The molecule has 146 valence electrons. The zero-order valence-corrected chi connectivity index (χ0v) is 15.1. The molecule has 0 N–H and O–H groups in total. The van der Waals surface area contributed by atoms with E-state index in [4.69, 9.17) is 4.74 Å². The smallest absolute Gasteiger partial charge is 0.401 e. The molecule has 3 rings (SSSR count). The summed E-state index contributed by atoms with van der Waals surface area (Å²) in [5, 5.41) is 4.34. The first-order chi connectivity index (χ1) is 12.8. The SMILES string of the molecule is COc1cn(-c2ccccc2)nc1C(=O)N1CCN(CC(F)(F)F)C(C)C1. The maximum Gasteiger partial charge on any atom is 0.401 e. The van der Waals surface area contributed by atoms with Crippen LogP contribution in [0.15, 0.2) is 36.5 Å². The van der Waals surface area contributed by atoms with Gasteiger partial charge in [-0.15, -0.1) is 0 Å². The van der Waals surface area contributed by atoms with Crippen molar-refractivity contribution in [1.82, 2.24) is 19.6 Å². The number of alkyl halides is 3. The zero-order valence-electron chi connectivity index (χ0n) is 15.1. The summed E-state index contributed by atoms with van der Waals surface area (Å²) >= 11 is 0. The fraction of sp³-hybridized carbons (Fsp3) is 0.444. The molecule has 1 unspecified atom stereocenters. The minimum Gasteiger partial charge on any atom is -0.493 e. The van der Waals surface area contributed by atoms with Gasteiger partial charge in [0.1, 0.15) is 0 Å². The second-order valence-electron chi connectivity index (χ2n) is 6.51. The van der Waals surface area contributed by atoms with E-state index < -0.39 is 18.8 Å². The van der Waals surface area contributed by atoms with Crippen molar-refractivity contribution in [2.75, 3.05) is 33.3 Å². The Kier molecular flexibility index (Phi) is 5.41. The fourth-order valence-electron chi connectivity index (χ4n) is 3.16. The molecular formula is C18H21F3N4O2. The molecule has 1 amide bonds. The second-order valence-corrected chi connectivity index (χ2v) is 6.51. The number of hydrogen-bond acceptors (Lipinski definition) is 4. The van der Waals surface area contributed by atoms with Gasteiger partial charge in [-0.25, -0.2) is 4.68 Å². The van der Waals surface area contributed by atoms with Crippen LogP contribution in [0.5, 0.6) is 5.75 Å². The normalized spacial score (nSPS) is 18.6. The number of ether oxygens (including phenoxy) is 1. The number of para-hydroxylation sites is 1. The number of benzene rings is 1. The highest BCUT2D eigenvalue weighted by molar-refractivity contribution is 5.95. The fourth-order valence-corrected chi connectivity index (χ4v) is 3.16. The lowest BCUT2D eigenvalue weighted by atomic mass is 10.1. The summed E-state index contributed by atoms with van der Waals surface area (Å²) in [7, 11) is 1.45. The summed E-state index contributed by atoms with van der Waals surface area (Å²) in [5.41, 5.74) is 0.927. The van der Waals surface area contributed by atoms with Gasteiger partial charge in [-0.1, -0.05) is 18.2 Å². The van der Waals surface area contributed by atoms with Crippen LogP contribution < -0.4 is 4.74 Å². The Labute approximate surface area is 155 Å². The Morgan fingerprint density at radius 2 is 1.96 bits per heavy atom. The zero-order chi connectivity index (χ0) is 19.6. The summed E-state index contributed by atoms with van der Waals surface area (Å²) < 4.78 is 44.8. The van der Waals surface area contributed by atoms with Crippen molar-refractivity contribution >= 4 is 5.91 Å². The Bertz CT molecular complexity index is 792. The van der Waals surface area contributed by atoms with Crippen LogP contribution in [-0.4, -0.2) is 71.0 Å². The number of piperazine rings is 1. The average molecular weight is 382 g/mol. The summed E-state index contributed by atoms with van der Waals surface area (Å²) in [4.78, 5) is 15.8. The first kappa shape index (κ1) is 19.2. The van der Waals surface area contributed by atoms with Gasteiger partial charge in [0.25, 0.3) is 5.91 Å². The predicted octanol–water partition coefficient (Wildman–Crippen LogP) is 2.59. The van der Waals surface area contributed by atoms with Crippen LogP contribution in [0.3, 0.4) is 0 Å². The predicted molar refractivity (Wildman–Crippen MR) is 93.1 cm³/mol. The largest absolute Gasteiger partial charge is 0.493 e. The Balaban J connectivity index is 1.76. The molecule has 1 aromatic carbocycles. The van der Waals surface area contributed by atoms with Crippen LogP contribution in [0.25, 0.3) is 5.69 Å². The highest BCUT2D eigenvalue weighted by Gasteiger charge is 2.37. The van der Waals surface area contributed by atoms with Crippen molar-refractivity contribution in [3.63, 3.8) is 0 Å². The van der Waals surface area contributed by atoms with E-state index in [0.29, 0.717) is 5.75 Å². The number of carbonyl (C=O) groups excluding carboxylic acids is 1. The van der Waals surface area contributed by atoms with Gasteiger partial charge in [0, 0.05) is 25.7 Å². The topological polar surface area (TPSA) is 50.6 Å². The molecule has 2 heterocycles. The lowest BCUT2D eigenvalue weighted by Crippen LogP contribution is -2.55. The third-order valence-corrected chi connectivity index (χ3v) is 4.56. The van der Waals surface area contributed by atoms with Crippen molar-refractivity contribution < 1.29 is 22.7 Å². The summed E-state index contributed by atoms with van der Waals surface area (Å²) in [6.45, 7) is 1.29. The standard InChI is InChI=1S/C18H21F3N4O2/c1-13-10-23(8-9-24(13)12-18(19,20)21)17(26)16-15(27-2)11-25(22-16)14-6-4-3-5-7-14/h3-7,11,13H,8-10,12H2,1-2H3. The minimum atomic E-state index is -4.25. The second kappa shape index (κ2) is 7.59. The van der Waals surface area contributed by atoms with Gasteiger partial charge in [0.15, 0.2) is 11.4 Å². The van der Waals surface area contributed by atoms with Gasteiger partial charge in [-0.3, -0.25) is 9.69 Å². The van der Waals surface area contributed by atoms with Crippen LogP contribution in [0.4, 0.5) is 13.2 Å². The third-order valence-electron chi connectivity index (χ3n) is 4.56. The van der Waals surface area contributed by atoms with Crippen molar-refractivity contribution in [2.24, 2.45) is 0 Å². The lowest BCUT2D eigenvalue weighted by Gasteiger charge is -2.39. The maximum atomic E-state index is 12.9. The molecule has 1 fully saturated rings. The molecule has 0 radical (unpaired) electrons. The number of aromatic nitrogens is 2. The van der Waals surface area contributed by atoms with Gasteiger partial charge in [-0.2, -0.15) is 18.3 Å². The van der Waals surface area contributed by atoms with E-state index in [1.54, 1.807) is 17.8 Å². The Morgan fingerprint density at radius 3 is 2.56 bits per heavy atom. The Morgan fingerprint density at radius 1 is 1.26 bits per heavy atom. The summed E-state index contributed by atoms with van der Waals surface area (Å²) in [6.07, 6.45) is -2.63. The molecule has 6 nitrogen and oxygen atoms in total. The molecule has 1 aromatic heterocycles. The van der Waals surface area contributed by atoms with E-state index in [1.165, 1.54) is 16.9 Å². The minimum absolute atomic E-state index is 0.151. The molecule has 0 spiro atoms. The molecular weight excluding hydrogens is 361 g/mol. The molecule has 0 saturated carbocycles. The summed E-state index contributed by atoms with van der Waals surface area (Å²) in [6, 6.07) is 8.88. The van der Waals surface area contributed by atoms with Crippen molar-refractivity contribution in [1.29, 1.82) is 0 Å². The molecule has 0 aliphatic carbocycles. The van der Waals surface area contributed by atoms with Crippen LogP contribution >= 0.6 is 0 Å². The van der Waals surface area contributed by atoms with Crippen molar-refractivity contribution in [3.8, 4) is 11.4 Å². The van der Waals surface area contributed by atoms with E-state index in [2.05, 4.69) is 5.10 Å². The number of rotatable bonds is 4. The van der Waals surface area contributed by atoms with Gasteiger partial charge in [0.05, 0.1) is 25.5 Å². The van der Waals surface area contributed by atoms with Gasteiger partial charge in [0.2, 0.25) is 0 Å². The maximum absolute atomic E-state index is 12.9. The van der Waals surface area contributed by atoms with E-state index >= 15 is 0 Å². The Hall–Kier alpha value is -2.55. The number of methoxy groups -OCH3 is 1. The van der Waals surface area contributed by atoms with Gasteiger partial charge < -0.3 is 9.64 Å². The average Bonchev–Trinajstić information content (AvgIpc) is 3.07. The molecule has 1 saturated heterocycles. The van der Waals surface area contributed by atoms with E-state index in [-0.39, 0.29) is 31.2 Å². The highest BCUT2D eigenvalue weighted by Crippen LogP contribution is 2.24. The quantitative estimate of drug-likeness (QED) is 0.816. The first-order valence-electron chi connectivity index (χ1n) is 8.57. The lowest BCUT2D eigenvalue weighted by molar-refractivity contribution is -0.153. The highest BCUT2D eigenvalue weighted by atomic mass is 19.4. The molecule has 1 atom stereocenters. The molecule has 0 bridgehead atoms. The monoisotopic (exact) mass is 382 g/mol. The van der Waals surface area contributed by atoms with E-state index in [9.17, 15) is 18.0 Å². The van der Waals surface area contributed by atoms with Crippen LogP contribution in [0, 0.1) is 0 Å². The first-order valence-corrected chi connectivity index (χ1v) is 8.57. The number of hydrogen-bond donors (Lipinski definition) is 0. The van der Waals surface area contributed by atoms with E-state index in [1.807, 2.05) is 30.3 Å². The number of amides is 1. The summed E-state index contributed by atoms with van der Waals surface area (Å²) in [5.74, 6) is -0.0192. The van der Waals surface area contributed by atoms with Crippen LogP contribution in [-0.2, 0) is 0 Å². The molecule has 27 heavy (non-hydrogen) atoms.